The van der Waals surface area contributed by atoms with Gasteiger partial charge in [0.1, 0.15) is 0 Å². The van der Waals surface area contributed by atoms with Gasteiger partial charge in [-0.05, 0) is 37.1 Å². The minimum absolute atomic E-state index is 0.621. The van der Waals surface area contributed by atoms with E-state index in [9.17, 15) is 0 Å². The van der Waals surface area contributed by atoms with Gasteiger partial charge >= 0.3 is 0 Å². The van der Waals surface area contributed by atoms with Crippen molar-refractivity contribution in [2.75, 3.05) is 6.54 Å². The van der Waals surface area contributed by atoms with E-state index in [1.165, 1.54) is 45.1 Å². The molecule has 0 amide bonds. The highest BCUT2D eigenvalue weighted by atomic mass is 14.9. The van der Waals surface area contributed by atoms with Crippen LogP contribution < -0.4 is 5.32 Å². The second-order valence-electron chi connectivity index (χ2n) is 6.71. The van der Waals surface area contributed by atoms with E-state index < -0.39 is 0 Å². The van der Waals surface area contributed by atoms with Crippen LogP contribution in [-0.2, 0) is 0 Å². The fourth-order valence-electron chi connectivity index (χ4n) is 2.78. The van der Waals surface area contributed by atoms with Crippen molar-refractivity contribution < 1.29 is 0 Å². The first-order valence-corrected chi connectivity index (χ1v) is 8.22. The molecule has 110 valence electrons. The number of rotatable bonds is 11. The van der Waals surface area contributed by atoms with E-state index >= 15 is 0 Å². The van der Waals surface area contributed by atoms with Crippen molar-refractivity contribution >= 4 is 0 Å². The Bertz CT molecular complexity index is 174. The Balaban J connectivity index is 4.16. The molecule has 0 rings (SSSR count). The normalized spacial score (nSPS) is 15.3. The van der Waals surface area contributed by atoms with Gasteiger partial charge in [-0.15, -0.1) is 0 Å². The first kappa shape index (κ1) is 18.0. The molecule has 0 heterocycles. The highest BCUT2D eigenvalue weighted by Crippen LogP contribution is 2.25. The molecule has 1 heteroatoms. The summed E-state index contributed by atoms with van der Waals surface area (Å²) >= 11 is 0. The third-order valence-corrected chi connectivity index (χ3v) is 3.83. The summed E-state index contributed by atoms with van der Waals surface area (Å²) in [6.07, 6.45) is 8.34. The third-order valence-electron chi connectivity index (χ3n) is 3.83. The van der Waals surface area contributed by atoms with Crippen molar-refractivity contribution in [3.05, 3.63) is 0 Å². The van der Waals surface area contributed by atoms with Gasteiger partial charge in [0, 0.05) is 6.04 Å². The summed E-state index contributed by atoms with van der Waals surface area (Å²) in [7, 11) is 0. The molecule has 2 unspecified atom stereocenters. The summed E-state index contributed by atoms with van der Waals surface area (Å²) in [4.78, 5) is 0. The Kier molecular flexibility index (Phi) is 10.8. The molecule has 2 atom stereocenters. The molecule has 0 aliphatic heterocycles. The maximum Gasteiger partial charge on any atom is 0.00104 e. The van der Waals surface area contributed by atoms with Crippen molar-refractivity contribution in [2.45, 2.75) is 86.1 Å². The molecule has 0 bridgehead atoms. The van der Waals surface area contributed by atoms with Crippen LogP contribution in [0.1, 0.15) is 80.1 Å². The van der Waals surface area contributed by atoms with E-state index in [0.717, 1.165) is 17.8 Å². The van der Waals surface area contributed by atoms with E-state index in [1.54, 1.807) is 0 Å². The molecule has 0 saturated heterocycles. The molecule has 0 aromatic heterocycles. The number of hydrogen-bond donors (Lipinski definition) is 1. The molecular formula is C17H37N. The van der Waals surface area contributed by atoms with Gasteiger partial charge in [0.15, 0.2) is 0 Å². The molecule has 0 radical (unpaired) electrons. The van der Waals surface area contributed by atoms with Crippen LogP contribution in [-0.4, -0.2) is 12.6 Å². The van der Waals surface area contributed by atoms with Crippen molar-refractivity contribution in [1.82, 2.24) is 5.32 Å². The molecule has 1 nitrogen and oxygen atoms in total. The van der Waals surface area contributed by atoms with Gasteiger partial charge in [0.25, 0.3) is 0 Å². The van der Waals surface area contributed by atoms with Crippen molar-refractivity contribution in [3.63, 3.8) is 0 Å². The average molecular weight is 255 g/mol. The summed E-state index contributed by atoms with van der Waals surface area (Å²) in [5.74, 6) is 2.64. The fourth-order valence-corrected chi connectivity index (χ4v) is 2.78. The lowest BCUT2D eigenvalue weighted by Gasteiger charge is -2.25. The van der Waals surface area contributed by atoms with Crippen molar-refractivity contribution in [2.24, 2.45) is 17.8 Å². The van der Waals surface area contributed by atoms with E-state index in [0.29, 0.717) is 6.04 Å². The lowest BCUT2D eigenvalue weighted by Crippen LogP contribution is -2.30. The van der Waals surface area contributed by atoms with Crippen LogP contribution in [0.2, 0.25) is 0 Å². The van der Waals surface area contributed by atoms with Gasteiger partial charge in [-0.1, -0.05) is 67.2 Å². The Morgan fingerprint density at radius 1 is 0.889 bits per heavy atom. The Hall–Kier alpha value is -0.0400. The maximum absolute atomic E-state index is 3.64. The predicted molar refractivity (Wildman–Crippen MR) is 84.0 cm³/mol. The fraction of sp³-hybridized carbons (Fsp3) is 1.00. The summed E-state index contributed by atoms with van der Waals surface area (Å²) in [6.45, 7) is 15.1. The van der Waals surface area contributed by atoms with Crippen LogP contribution in [0.15, 0.2) is 0 Å². The number of nitrogens with one attached hydrogen (secondary N) is 1. The third kappa shape index (κ3) is 9.94. The molecule has 0 aromatic carbocycles. The maximum atomic E-state index is 3.64. The van der Waals surface area contributed by atoms with Crippen molar-refractivity contribution in [3.8, 4) is 0 Å². The van der Waals surface area contributed by atoms with Crippen molar-refractivity contribution in [1.29, 1.82) is 0 Å². The molecule has 0 spiro atoms. The summed E-state index contributed by atoms with van der Waals surface area (Å²) in [6, 6.07) is 0.621. The second-order valence-corrected chi connectivity index (χ2v) is 6.71. The van der Waals surface area contributed by atoms with E-state index in [-0.39, 0.29) is 0 Å². The predicted octanol–water partition coefficient (Wildman–Crippen LogP) is 5.25. The molecule has 18 heavy (non-hydrogen) atoms. The van der Waals surface area contributed by atoms with Gasteiger partial charge in [-0.3, -0.25) is 0 Å². The minimum atomic E-state index is 0.621. The Morgan fingerprint density at radius 3 is 2.00 bits per heavy atom. The van der Waals surface area contributed by atoms with Crippen LogP contribution in [0.25, 0.3) is 0 Å². The zero-order valence-electron chi connectivity index (χ0n) is 13.8. The first-order chi connectivity index (χ1) is 8.49. The van der Waals surface area contributed by atoms with Crippen LogP contribution in [0.4, 0.5) is 0 Å². The van der Waals surface area contributed by atoms with Gasteiger partial charge in [-0.2, -0.15) is 0 Å². The zero-order chi connectivity index (χ0) is 14.0. The highest BCUT2D eigenvalue weighted by Gasteiger charge is 2.16. The number of hydrogen-bond acceptors (Lipinski definition) is 1. The topological polar surface area (TPSA) is 12.0 Å². The second kappa shape index (κ2) is 10.8. The molecular weight excluding hydrogens is 218 g/mol. The molecule has 0 aliphatic rings. The molecule has 0 aliphatic carbocycles. The molecule has 1 N–H and O–H groups in total. The van der Waals surface area contributed by atoms with Crippen LogP contribution in [0.5, 0.6) is 0 Å². The van der Waals surface area contributed by atoms with Crippen LogP contribution in [0, 0.1) is 17.8 Å². The van der Waals surface area contributed by atoms with Gasteiger partial charge in [0.2, 0.25) is 0 Å². The average Bonchev–Trinajstić information content (AvgIpc) is 2.30. The largest absolute Gasteiger partial charge is 0.314 e. The highest BCUT2D eigenvalue weighted by molar-refractivity contribution is 4.71. The monoisotopic (exact) mass is 255 g/mol. The lowest BCUT2D eigenvalue weighted by molar-refractivity contribution is 0.284. The van der Waals surface area contributed by atoms with Gasteiger partial charge in [-0.25, -0.2) is 0 Å². The minimum Gasteiger partial charge on any atom is -0.314 e. The van der Waals surface area contributed by atoms with Crippen LogP contribution >= 0.6 is 0 Å². The van der Waals surface area contributed by atoms with E-state index in [1.807, 2.05) is 0 Å². The Morgan fingerprint density at radius 2 is 1.56 bits per heavy atom. The smallest absolute Gasteiger partial charge is 0.00104 e. The molecule has 0 saturated carbocycles. The summed E-state index contributed by atoms with van der Waals surface area (Å²) < 4.78 is 0. The standard InChI is InChI=1S/C17H37N/c1-7-9-10-16(8-2)12-17(11-14(3)4)13-18-15(5)6/h14-18H,7-13H2,1-6H3. The zero-order valence-corrected chi connectivity index (χ0v) is 13.8. The number of unbranched alkanes of at least 4 members (excludes halogenated alkanes) is 1. The van der Waals surface area contributed by atoms with E-state index in [4.69, 9.17) is 0 Å². The SMILES string of the molecule is CCCCC(CC)CC(CNC(C)C)CC(C)C. The quantitative estimate of drug-likeness (QED) is 0.531. The van der Waals surface area contributed by atoms with Gasteiger partial charge in [0.05, 0.1) is 0 Å². The van der Waals surface area contributed by atoms with Gasteiger partial charge < -0.3 is 5.32 Å². The Labute approximate surface area is 116 Å². The van der Waals surface area contributed by atoms with E-state index in [2.05, 4.69) is 46.9 Å². The summed E-state index contributed by atoms with van der Waals surface area (Å²) in [5, 5.41) is 3.64. The lowest BCUT2D eigenvalue weighted by atomic mass is 9.84. The molecule has 0 fully saturated rings. The summed E-state index contributed by atoms with van der Waals surface area (Å²) in [5.41, 5.74) is 0. The van der Waals surface area contributed by atoms with Crippen LogP contribution in [0.3, 0.4) is 0 Å². The first-order valence-electron chi connectivity index (χ1n) is 8.22. The molecule has 0 aromatic rings.